The van der Waals surface area contributed by atoms with Gasteiger partial charge in [0.2, 0.25) is 0 Å². The second-order valence-corrected chi connectivity index (χ2v) is 11.6. The van der Waals surface area contributed by atoms with Crippen molar-refractivity contribution in [2.45, 2.75) is 27.7 Å². The van der Waals surface area contributed by atoms with E-state index in [1.54, 1.807) is 52.0 Å². The SMILES string of the molecule is CCOP(=O)(OCC)c1ccc2c(c1-c1c(P(=O)(OCC)OCC)ccc3c1OCCO3)OCCO2. The van der Waals surface area contributed by atoms with Crippen LogP contribution in [0.2, 0.25) is 0 Å². The Hall–Kier alpha value is -2.06. The van der Waals surface area contributed by atoms with Crippen molar-refractivity contribution in [1.82, 2.24) is 0 Å². The molecular weight excluding hydrogens is 510 g/mol. The summed E-state index contributed by atoms with van der Waals surface area (Å²) in [5.74, 6) is 1.48. The van der Waals surface area contributed by atoms with Crippen LogP contribution >= 0.6 is 15.2 Å². The fourth-order valence-electron chi connectivity index (χ4n) is 4.18. The summed E-state index contributed by atoms with van der Waals surface area (Å²) in [4.78, 5) is 0. The average molecular weight is 542 g/mol. The molecule has 0 atom stereocenters. The van der Waals surface area contributed by atoms with E-state index in [-0.39, 0.29) is 50.3 Å². The number of benzene rings is 2. The Morgan fingerprint density at radius 2 is 0.917 bits per heavy atom. The molecule has 2 aromatic rings. The van der Waals surface area contributed by atoms with Gasteiger partial charge in [-0.3, -0.25) is 9.13 Å². The van der Waals surface area contributed by atoms with Crippen molar-refractivity contribution in [3.05, 3.63) is 24.3 Å². The van der Waals surface area contributed by atoms with Gasteiger partial charge >= 0.3 is 15.2 Å². The topological polar surface area (TPSA) is 108 Å². The van der Waals surface area contributed by atoms with Crippen LogP contribution in [0, 0.1) is 0 Å². The van der Waals surface area contributed by atoms with Crippen LogP contribution in [0.25, 0.3) is 11.1 Å². The van der Waals surface area contributed by atoms with E-state index in [0.29, 0.717) is 47.3 Å². The maximum atomic E-state index is 14.1. The van der Waals surface area contributed by atoms with Crippen LogP contribution in [0.4, 0.5) is 0 Å². The van der Waals surface area contributed by atoms with E-state index in [0.717, 1.165) is 0 Å². The van der Waals surface area contributed by atoms with Gasteiger partial charge in [-0.25, -0.2) is 0 Å². The van der Waals surface area contributed by atoms with Crippen LogP contribution in [0.1, 0.15) is 27.7 Å². The predicted octanol–water partition coefficient (Wildman–Crippen LogP) is 4.68. The first-order valence-electron chi connectivity index (χ1n) is 12.1. The predicted molar refractivity (Wildman–Crippen MR) is 135 cm³/mol. The maximum absolute atomic E-state index is 14.1. The van der Waals surface area contributed by atoms with E-state index in [1.165, 1.54) is 0 Å². The second kappa shape index (κ2) is 11.5. The van der Waals surface area contributed by atoms with Gasteiger partial charge in [0, 0.05) is 11.1 Å². The van der Waals surface area contributed by atoms with Gasteiger partial charge in [-0.2, -0.15) is 0 Å². The molecule has 2 aromatic carbocycles. The third kappa shape index (κ3) is 5.03. The van der Waals surface area contributed by atoms with Crippen LogP contribution < -0.4 is 29.6 Å². The van der Waals surface area contributed by atoms with Crippen molar-refractivity contribution in [1.29, 1.82) is 0 Å². The van der Waals surface area contributed by atoms with Crippen molar-refractivity contribution >= 4 is 25.8 Å². The van der Waals surface area contributed by atoms with Gasteiger partial charge in [0.15, 0.2) is 23.0 Å². The molecule has 2 heterocycles. The molecule has 4 rings (SSSR count). The third-order valence-electron chi connectivity index (χ3n) is 5.41. The zero-order chi connectivity index (χ0) is 25.8. The maximum Gasteiger partial charge on any atom is 0.362 e. The molecule has 10 nitrogen and oxygen atoms in total. The molecule has 0 radical (unpaired) electrons. The minimum atomic E-state index is -3.86. The summed E-state index contributed by atoms with van der Waals surface area (Å²) >= 11 is 0. The van der Waals surface area contributed by atoms with E-state index in [4.69, 9.17) is 37.0 Å². The van der Waals surface area contributed by atoms with Gasteiger partial charge in [-0.15, -0.1) is 0 Å². The Kier molecular flexibility index (Phi) is 8.66. The molecule has 12 heteroatoms. The fraction of sp³-hybridized carbons (Fsp3) is 0.500. The highest BCUT2D eigenvalue weighted by atomic mass is 31.2. The molecule has 0 N–H and O–H groups in total. The normalized spacial score (nSPS) is 15.1. The molecular formula is C24H32O10P2. The Labute approximate surface area is 211 Å². The smallest absolute Gasteiger partial charge is 0.362 e. The van der Waals surface area contributed by atoms with Crippen LogP contribution in [0.15, 0.2) is 24.3 Å². The second-order valence-electron chi connectivity index (χ2n) is 7.63. The van der Waals surface area contributed by atoms with Crippen LogP contribution in [0.3, 0.4) is 0 Å². The van der Waals surface area contributed by atoms with E-state index < -0.39 is 15.2 Å². The van der Waals surface area contributed by atoms with Gasteiger partial charge in [-0.1, -0.05) is 0 Å². The monoisotopic (exact) mass is 542 g/mol. The van der Waals surface area contributed by atoms with Gasteiger partial charge in [0.25, 0.3) is 0 Å². The molecule has 2 aliphatic heterocycles. The minimum absolute atomic E-state index is 0.140. The lowest BCUT2D eigenvalue weighted by Crippen LogP contribution is -2.25. The first kappa shape index (κ1) is 27.0. The highest BCUT2D eigenvalue weighted by Gasteiger charge is 2.41. The summed E-state index contributed by atoms with van der Waals surface area (Å²) in [6.07, 6.45) is 0. The van der Waals surface area contributed by atoms with E-state index in [1.807, 2.05) is 0 Å². The van der Waals surface area contributed by atoms with Crippen LogP contribution in [-0.4, -0.2) is 52.9 Å². The molecule has 198 valence electrons. The fourth-order valence-corrected chi connectivity index (χ4v) is 7.74. The molecule has 0 amide bonds. The number of fused-ring (bicyclic) bond motifs is 2. The molecule has 0 fully saturated rings. The van der Waals surface area contributed by atoms with Crippen molar-refractivity contribution in [3.8, 4) is 34.1 Å². The van der Waals surface area contributed by atoms with E-state index >= 15 is 0 Å². The number of hydrogen-bond donors (Lipinski definition) is 0. The van der Waals surface area contributed by atoms with E-state index in [9.17, 15) is 9.13 Å². The quantitative estimate of drug-likeness (QED) is 0.372. The lowest BCUT2D eigenvalue weighted by molar-refractivity contribution is 0.169. The van der Waals surface area contributed by atoms with Crippen molar-refractivity contribution in [2.75, 3.05) is 52.9 Å². The molecule has 0 spiro atoms. The van der Waals surface area contributed by atoms with Gasteiger partial charge in [0.05, 0.1) is 37.0 Å². The number of rotatable bonds is 11. The first-order chi connectivity index (χ1) is 17.4. The first-order valence-corrected chi connectivity index (χ1v) is 15.2. The summed E-state index contributed by atoms with van der Waals surface area (Å²) < 4.78 is 74.9. The zero-order valence-electron chi connectivity index (χ0n) is 20.9. The van der Waals surface area contributed by atoms with Crippen LogP contribution in [-0.2, 0) is 27.2 Å². The lowest BCUT2D eigenvalue weighted by Gasteiger charge is -2.30. The average Bonchev–Trinajstić information content (AvgIpc) is 2.88. The van der Waals surface area contributed by atoms with E-state index in [2.05, 4.69) is 0 Å². The molecule has 0 bridgehead atoms. The Bertz CT molecular complexity index is 1070. The molecule has 0 aliphatic carbocycles. The highest BCUT2D eigenvalue weighted by molar-refractivity contribution is 7.63. The zero-order valence-corrected chi connectivity index (χ0v) is 22.7. The lowest BCUT2D eigenvalue weighted by atomic mass is 10.0. The third-order valence-corrected chi connectivity index (χ3v) is 9.73. The minimum Gasteiger partial charge on any atom is -0.486 e. The standard InChI is InChI=1S/C24H32O10P2/c1-5-31-35(25,32-6-2)19-11-9-17-23(29-15-13-27-17)21(19)22-20(36(26,33-7-3)34-8-4)12-10-18-24(22)30-16-14-28-18/h9-12H,5-8,13-16H2,1-4H3. The summed E-state index contributed by atoms with van der Waals surface area (Å²) in [7, 11) is -7.73. The highest BCUT2D eigenvalue weighted by Crippen LogP contribution is 2.58. The summed E-state index contributed by atoms with van der Waals surface area (Å²) in [6.45, 7) is 8.68. The summed E-state index contributed by atoms with van der Waals surface area (Å²) in [6, 6.07) is 6.56. The largest absolute Gasteiger partial charge is 0.486 e. The summed E-state index contributed by atoms with van der Waals surface area (Å²) in [5.41, 5.74) is 0.629. The van der Waals surface area contributed by atoms with Gasteiger partial charge in [0.1, 0.15) is 26.4 Å². The number of hydrogen-bond acceptors (Lipinski definition) is 10. The van der Waals surface area contributed by atoms with Gasteiger partial charge in [-0.05, 0) is 52.0 Å². The molecule has 0 saturated carbocycles. The summed E-state index contributed by atoms with van der Waals surface area (Å²) in [5, 5.41) is 0.442. The number of ether oxygens (including phenoxy) is 4. The molecule has 0 aromatic heterocycles. The Morgan fingerprint density at radius 3 is 1.25 bits per heavy atom. The van der Waals surface area contributed by atoms with Gasteiger partial charge < -0.3 is 37.0 Å². The molecule has 2 aliphatic rings. The Morgan fingerprint density at radius 1 is 0.583 bits per heavy atom. The molecule has 36 heavy (non-hydrogen) atoms. The van der Waals surface area contributed by atoms with Crippen molar-refractivity contribution in [3.63, 3.8) is 0 Å². The van der Waals surface area contributed by atoms with Crippen molar-refractivity contribution in [2.24, 2.45) is 0 Å². The molecule has 0 unspecified atom stereocenters. The Balaban J connectivity index is 2.13. The van der Waals surface area contributed by atoms with Crippen LogP contribution in [0.5, 0.6) is 23.0 Å². The molecule has 0 saturated heterocycles. The van der Waals surface area contributed by atoms with Crippen molar-refractivity contribution < 1.29 is 46.2 Å².